The largest absolute Gasteiger partial charge is 0.341 e. The van der Waals surface area contributed by atoms with Crippen molar-refractivity contribution < 1.29 is 21.1 Å². The quantitative estimate of drug-likeness (QED) is 0.683. The van der Waals surface area contributed by atoms with Gasteiger partial charge in [0.2, 0.25) is 0 Å². The van der Waals surface area contributed by atoms with Crippen LogP contribution in [0.3, 0.4) is 0 Å². The molecule has 0 aromatic rings. The first-order valence-electron chi connectivity index (χ1n) is 2.96. The first-order valence-corrected chi connectivity index (χ1v) is 2.96. The third-order valence-corrected chi connectivity index (χ3v) is 0.874. The Morgan fingerprint density at radius 1 is 1.25 bits per heavy atom. The molecule has 1 heteroatoms. The van der Waals surface area contributed by atoms with Gasteiger partial charge in [-0.05, 0) is 5.92 Å². The molecule has 0 heterocycles. The second kappa shape index (κ2) is 5.82. The summed E-state index contributed by atoms with van der Waals surface area (Å²) in [4.78, 5) is 0. The van der Waals surface area contributed by atoms with E-state index in [1.165, 1.54) is 6.42 Å². The molecule has 0 bridgehead atoms. The van der Waals surface area contributed by atoms with Crippen LogP contribution in [0, 0.1) is 18.8 Å². The standard InChI is InChI=1S/C7H15.W/c1-6(2)5-7(3)4;/h6-7H,1,5H2,2-4H3;/q-1;. The van der Waals surface area contributed by atoms with Crippen molar-refractivity contribution in [1.29, 1.82) is 0 Å². The first kappa shape index (κ1) is 11.5. The van der Waals surface area contributed by atoms with Crippen molar-refractivity contribution >= 4 is 0 Å². The van der Waals surface area contributed by atoms with E-state index in [4.69, 9.17) is 0 Å². The van der Waals surface area contributed by atoms with E-state index in [0.717, 1.165) is 5.92 Å². The van der Waals surface area contributed by atoms with Gasteiger partial charge < -0.3 is 6.92 Å². The van der Waals surface area contributed by atoms with Crippen molar-refractivity contribution in [2.75, 3.05) is 0 Å². The smallest absolute Gasteiger partial charge is 0 e. The molecule has 0 fully saturated rings. The molecule has 0 aromatic carbocycles. The van der Waals surface area contributed by atoms with Crippen LogP contribution in [0.25, 0.3) is 0 Å². The summed E-state index contributed by atoms with van der Waals surface area (Å²) in [5, 5.41) is 0. The van der Waals surface area contributed by atoms with Crippen molar-refractivity contribution in [2.45, 2.75) is 27.2 Å². The maximum atomic E-state index is 3.88. The summed E-state index contributed by atoms with van der Waals surface area (Å²) >= 11 is 0. The molecule has 0 aliphatic rings. The van der Waals surface area contributed by atoms with Gasteiger partial charge in [-0.25, -0.2) is 0 Å². The van der Waals surface area contributed by atoms with Crippen molar-refractivity contribution in [3.8, 4) is 0 Å². The van der Waals surface area contributed by atoms with Gasteiger partial charge in [-0.15, -0.1) is 0 Å². The number of hydrogen-bond acceptors (Lipinski definition) is 0. The molecule has 0 saturated heterocycles. The van der Waals surface area contributed by atoms with Crippen LogP contribution in [0.15, 0.2) is 0 Å². The van der Waals surface area contributed by atoms with Crippen LogP contribution in [0.4, 0.5) is 0 Å². The summed E-state index contributed by atoms with van der Waals surface area (Å²) in [6, 6.07) is 0. The fraction of sp³-hybridized carbons (Fsp3) is 0.857. The van der Waals surface area contributed by atoms with Gasteiger partial charge in [-0.3, -0.25) is 0 Å². The molecule has 50 valence electrons. The minimum absolute atomic E-state index is 0. The topological polar surface area (TPSA) is 0 Å². The molecule has 0 nitrogen and oxygen atoms in total. The SMILES string of the molecule is [CH2-]C(C)CC(C)C.[W]. The Balaban J connectivity index is 0. The van der Waals surface area contributed by atoms with Gasteiger partial charge in [-0.1, -0.05) is 27.2 Å². The zero-order valence-corrected chi connectivity index (χ0v) is 8.91. The van der Waals surface area contributed by atoms with Gasteiger partial charge in [0.1, 0.15) is 0 Å². The zero-order valence-electron chi connectivity index (χ0n) is 5.98. The van der Waals surface area contributed by atoms with Gasteiger partial charge in [0.15, 0.2) is 0 Å². The predicted molar refractivity (Wildman–Crippen MR) is 34.0 cm³/mol. The van der Waals surface area contributed by atoms with Crippen molar-refractivity contribution in [1.82, 2.24) is 0 Å². The van der Waals surface area contributed by atoms with Gasteiger partial charge >= 0.3 is 0 Å². The summed E-state index contributed by atoms with van der Waals surface area (Å²) in [6.07, 6.45) is 1.25. The Hall–Kier alpha value is 0.688. The van der Waals surface area contributed by atoms with Crippen LogP contribution in [0.1, 0.15) is 27.2 Å². The number of rotatable bonds is 2. The summed E-state index contributed by atoms with van der Waals surface area (Å²) in [6.45, 7) is 10.5. The van der Waals surface area contributed by atoms with Crippen LogP contribution in [-0.4, -0.2) is 0 Å². The fourth-order valence-corrected chi connectivity index (χ4v) is 0.805. The van der Waals surface area contributed by atoms with Crippen molar-refractivity contribution in [3.05, 3.63) is 6.92 Å². The van der Waals surface area contributed by atoms with E-state index < -0.39 is 0 Å². The van der Waals surface area contributed by atoms with Crippen LogP contribution in [0.2, 0.25) is 0 Å². The normalized spacial score (nSPS) is 13.1. The fourth-order valence-electron chi connectivity index (χ4n) is 0.805. The maximum Gasteiger partial charge on any atom is 0 e. The molecule has 1 unspecified atom stereocenters. The summed E-state index contributed by atoms with van der Waals surface area (Å²) in [5.74, 6) is 1.44. The first-order chi connectivity index (χ1) is 3.13. The predicted octanol–water partition coefficient (Wildman–Crippen LogP) is 2.50. The molecular weight excluding hydrogens is 268 g/mol. The Labute approximate surface area is 67.3 Å². The van der Waals surface area contributed by atoms with E-state index in [1.54, 1.807) is 0 Å². The summed E-state index contributed by atoms with van der Waals surface area (Å²) in [7, 11) is 0. The second-order valence-corrected chi connectivity index (χ2v) is 2.73. The molecule has 0 aromatic heterocycles. The molecule has 0 saturated carbocycles. The monoisotopic (exact) mass is 283 g/mol. The maximum absolute atomic E-state index is 3.88. The third kappa shape index (κ3) is 9.85. The third-order valence-electron chi connectivity index (χ3n) is 0.874. The molecule has 1 atom stereocenters. The van der Waals surface area contributed by atoms with E-state index in [9.17, 15) is 0 Å². The van der Waals surface area contributed by atoms with Crippen molar-refractivity contribution in [3.63, 3.8) is 0 Å². The van der Waals surface area contributed by atoms with Gasteiger partial charge in [-0.2, -0.15) is 5.92 Å². The Morgan fingerprint density at radius 2 is 1.62 bits per heavy atom. The minimum Gasteiger partial charge on any atom is -0.341 e. The van der Waals surface area contributed by atoms with Crippen molar-refractivity contribution in [2.24, 2.45) is 11.8 Å². The second-order valence-electron chi connectivity index (χ2n) is 2.73. The average Bonchev–Trinajstić information content (AvgIpc) is 1.27. The molecule has 0 radical (unpaired) electrons. The zero-order chi connectivity index (χ0) is 5.86. The molecule has 0 aliphatic heterocycles. The Morgan fingerprint density at radius 3 is 1.62 bits per heavy atom. The summed E-state index contributed by atoms with van der Waals surface area (Å²) < 4.78 is 0. The van der Waals surface area contributed by atoms with E-state index in [0.29, 0.717) is 5.92 Å². The molecule has 0 N–H and O–H groups in total. The van der Waals surface area contributed by atoms with Crippen LogP contribution >= 0.6 is 0 Å². The van der Waals surface area contributed by atoms with E-state index in [1.807, 2.05) is 0 Å². The Bertz CT molecular complexity index is 33.7. The van der Waals surface area contributed by atoms with Crippen LogP contribution < -0.4 is 0 Å². The molecule has 0 amide bonds. The van der Waals surface area contributed by atoms with Gasteiger partial charge in [0.25, 0.3) is 0 Å². The average molecular weight is 283 g/mol. The van der Waals surface area contributed by atoms with Crippen LogP contribution in [-0.2, 0) is 21.1 Å². The van der Waals surface area contributed by atoms with E-state index in [-0.39, 0.29) is 21.1 Å². The molecule has 8 heavy (non-hydrogen) atoms. The van der Waals surface area contributed by atoms with E-state index in [2.05, 4.69) is 27.7 Å². The molecule has 0 rings (SSSR count). The minimum atomic E-state index is 0. The number of hydrogen-bond donors (Lipinski definition) is 0. The molecule has 0 aliphatic carbocycles. The molecule has 0 spiro atoms. The van der Waals surface area contributed by atoms with E-state index >= 15 is 0 Å². The Kier molecular flexibility index (Phi) is 8.35. The molecular formula is C7H15W-. The van der Waals surface area contributed by atoms with Gasteiger partial charge in [0.05, 0.1) is 0 Å². The van der Waals surface area contributed by atoms with Crippen LogP contribution in [0.5, 0.6) is 0 Å². The summed E-state index contributed by atoms with van der Waals surface area (Å²) in [5.41, 5.74) is 0. The van der Waals surface area contributed by atoms with Gasteiger partial charge in [0, 0.05) is 21.1 Å².